The second kappa shape index (κ2) is 7.16. The van der Waals surface area contributed by atoms with Crippen LogP contribution in [0.4, 0.5) is 5.69 Å². The minimum atomic E-state index is -0.364. The summed E-state index contributed by atoms with van der Waals surface area (Å²) in [7, 11) is 0. The van der Waals surface area contributed by atoms with Gasteiger partial charge in [0.05, 0.1) is 5.52 Å². The average Bonchev–Trinajstić information content (AvgIpc) is 2.94. The zero-order valence-electron chi connectivity index (χ0n) is 15.9. The third-order valence-electron chi connectivity index (χ3n) is 5.41. The van der Waals surface area contributed by atoms with Gasteiger partial charge in [0.15, 0.2) is 0 Å². The van der Waals surface area contributed by atoms with Crippen LogP contribution in [-0.4, -0.2) is 10.5 Å². The van der Waals surface area contributed by atoms with Crippen LogP contribution in [0.2, 0.25) is 0 Å². The Labute approximate surface area is 180 Å². The van der Waals surface area contributed by atoms with Gasteiger partial charge in [-0.2, -0.15) is 0 Å². The molecule has 28 heavy (non-hydrogen) atoms. The van der Waals surface area contributed by atoms with Gasteiger partial charge in [0.25, 0.3) is 5.91 Å². The summed E-state index contributed by atoms with van der Waals surface area (Å²) in [5.74, 6) is -0.364. The molecular formula is C22H20Br2N2O2. The Morgan fingerprint density at radius 1 is 1.21 bits per heavy atom. The minimum Gasteiger partial charge on any atom is -0.343 e. The van der Waals surface area contributed by atoms with Crippen LogP contribution >= 0.6 is 31.9 Å². The fourth-order valence-corrected chi connectivity index (χ4v) is 5.20. The maximum Gasteiger partial charge on any atom is 0.261 e. The summed E-state index contributed by atoms with van der Waals surface area (Å²) < 4.78 is 3.90. The highest BCUT2D eigenvalue weighted by molar-refractivity contribution is 9.10. The lowest BCUT2D eigenvalue weighted by atomic mass is 10.0. The fourth-order valence-electron chi connectivity index (χ4n) is 4.07. The number of nitrogens with one attached hydrogen (secondary N) is 1. The Hall–Kier alpha value is -1.92. The number of carbonyl (C=O) groups is 1. The van der Waals surface area contributed by atoms with Gasteiger partial charge in [0.2, 0.25) is 5.43 Å². The molecule has 4 nitrogen and oxygen atoms in total. The molecule has 1 amide bonds. The number of anilines is 1. The zero-order chi connectivity index (χ0) is 20.2. The van der Waals surface area contributed by atoms with E-state index in [0.29, 0.717) is 5.39 Å². The van der Waals surface area contributed by atoms with Crippen molar-refractivity contribution < 1.29 is 4.79 Å². The number of pyridine rings is 1. The van der Waals surface area contributed by atoms with Gasteiger partial charge in [0, 0.05) is 32.3 Å². The predicted molar refractivity (Wildman–Crippen MR) is 121 cm³/mol. The summed E-state index contributed by atoms with van der Waals surface area (Å²) in [6.45, 7) is 6.11. The molecule has 0 unspecified atom stereocenters. The van der Waals surface area contributed by atoms with Crippen LogP contribution in [0, 0.1) is 6.92 Å². The van der Waals surface area contributed by atoms with Crippen molar-refractivity contribution in [1.29, 1.82) is 0 Å². The fraction of sp³-hybridized carbons (Fsp3) is 0.273. The Kier molecular flexibility index (Phi) is 4.96. The first kappa shape index (κ1) is 19.4. The molecule has 144 valence electrons. The summed E-state index contributed by atoms with van der Waals surface area (Å²) in [6.07, 6.45) is 3.35. The number of aryl methyl sites for hydroxylation is 2. The van der Waals surface area contributed by atoms with Crippen LogP contribution in [0.5, 0.6) is 0 Å². The average molecular weight is 504 g/mol. The minimum absolute atomic E-state index is 0.176. The molecule has 0 spiro atoms. The topological polar surface area (TPSA) is 51.1 Å². The van der Waals surface area contributed by atoms with E-state index in [4.69, 9.17) is 0 Å². The van der Waals surface area contributed by atoms with Crippen LogP contribution in [0.25, 0.3) is 10.9 Å². The van der Waals surface area contributed by atoms with Crippen molar-refractivity contribution in [2.24, 2.45) is 0 Å². The largest absolute Gasteiger partial charge is 0.343 e. The van der Waals surface area contributed by atoms with E-state index >= 15 is 0 Å². The molecule has 1 atom stereocenters. The van der Waals surface area contributed by atoms with Crippen LogP contribution in [0.3, 0.4) is 0 Å². The van der Waals surface area contributed by atoms with Crippen molar-refractivity contribution in [2.45, 2.75) is 39.7 Å². The molecule has 0 bridgehead atoms. The molecule has 2 aromatic carbocycles. The number of amides is 1. The van der Waals surface area contributed by atoms with Crippen LogP contribution < -0.4 is 10.7 Å². The molecule has 1 N–H and O–H groups in total. The maximum atomic E-state index is 13.1. The van der Waals surface area contributed by atoms with Crippen molar-refractivity contribution in [3.8, 4) is 0 Å². The molecule has 0 saturated carbocycles. The van der Waals surface area contributed by atoms with Crippen molar-refractivity contribution in [3.05, 3.63) is 71.9 Å². The molecule has 3 aromatic rings. The van der Waals surface area contributed by atoms with E-state index in [0.717, 1.165) is 49.7 Å². The summed E-state index contributed by atoms with van der Waals surface area (Å²) in [4.78, 5) is 26.3. The van der Waals surface area contributed by atoms with Gasteiger partial charge in [-0.25, -0.2) is 0 Å². The van der Waals surface area contributed by atoms with Gasteiger partial charge in [-0.1, -0.05) is 38.8 Å². The Morgan fingerprint density at radius 3 is 2.64 bits per heavy atom. The first-order valence-electron chi connectivity index (χ1n) is 9.27. The summed E-state index contributed by atoms with van der Waals surface area (Å²) >= 11 is 7.00. The molecule has 1 aliphatic rings. The Morgan fingerprint density at radius 2 is 1.93 bits per heavy atom. The van der Waals surface area contributed by atoms with E-state index < -0.39 is 0 Å². The van der Waals surface area contributed by atoms with E-state index in [9.17, 15) is 9.59 Å². The van der Waals surface area contributed by atoms with Crippen LogP contribution in [0.1, 0.15) is 46.9 Å². The number of hydrogen-bond donors (Lipinski definition) is 1. The van der Waals surface area contributed by atoms with E-state index in [1.807, 2.05) is 32.0 Å². The van der Waals surface area contributed by atoms with Gasteiger partial charge >= 0.3 is 0 Å². The van der Waals surface area contributed by atoms with E-state index in [1.165, 1.54) is 0 Å². The summed E-state index contributed by atoms with van der Waals surface area (Å²) in [6, 6.07) is 8.04. The smallest absolute Gasteiger partial charge is 0.261 e. The molecule has 0 saturated heterocycles. The normalized spacial score (nSPS) is 15.2. The number of halogens is 2. The van der Waals surface area contributed by atoms with Gasteiger partial charge in [0.1, 0.15) is 5.56 Å². The second-order valence-electron chi connectivity index (χ2n) is 7.36. The quantitative estimate of drug-likeness (QED) is 0.493. The Bertz CT molecular complexity index is 1200. The highest BCUT2D eigenvalue weighted by atomic mass is 79.9. The number of nitrogens with zero attached hydrogens (tertiary/aromatic N) is 1. The molecular weight excluding hydrogens is 484 g/mol. The molecule has 2 heterocycles. The van der Waals surface area contributed by atoms with Crippen molar-refractivity contribution in [1.82, 2.24) is 4.57 Å². The first-order valence-corrected chi connectivity index (χ1v) is 10.9. The Balaban J connectivity index is 1.85. The van der Waals surface area contributed by atoms with Gasteiger partial charge in [-0.05, 0) is 67.6 Å². The van der Waals surface area contributed by atoms with Crippen molar-refractivity contribution >= 4 is 54.4 Å². The van der Waals surface area contributed by atoms with Gasteiger partial charge in [-0.15, -0.1) is 0 Å². The lowest BCUT2D eigenvalue weighted by molar-refractivity contribution is 0.102. The van der Waals surface area contributed by atoms with E-state index in [-0.39, 0.29) is 22.9 Å². The third kappa shape index (κ3) is 3.12. The molecule has 0 fully saturated rings. The zero-order valence-corrected chi connectivity index (χ0v) is 19.1. The first-order chi connectivity index (χ1) is 13.3. The molecule has 4 rings (SSSR count). The van der Waals surface area contributed by atoms with Gasteiger partial charge in [-0.3, -0.25) is 9.59 Å². The third-order valence-corrected chi connectivity index (χ3v) is 6.32. The van der Waals surface area contributed by atoms with Crippen molar-refractivity contribution in [2.75, 3.05) is 5.32 Å². The van der Waals surface area contributed by atoms with Crippen molar-refractivity contribution in [3.63, 3.8) is 0 Å². The second-order valence-corrected chi connectivity index (χ2v) is 9.19. The predicted octanol–water partition coefficient (Wildman–Crippen LogP) is 5.77. The number of rotatable bonds is 3. The summed E-state index contributed by atoms with van der Waals surface area (Å²) in [5.41, 5.74) is 4.79. The van der Waals surface area contributed by atoms with Gasteiger partial charge < -0.3 is 9.88 Å². The standard InChI is InChI=1S/C22H20Br2N2O2/c1-4-13-7-15(23)5-11(2)19(13)25-22(28)18-10-26-12(3)6-14-8-16(24)9-17(20(14)26)21(18)27/h5,7-10,12H,4,6H2,1-3H3,(H,25,28)/t12-/m1/s1. The highest BCUT2D eigenvalue weighted by Gasteiger charge is 2.25. The van der Waals surface area contributed by atoms with E-state index in [2.05, 4.69) is 54.7 Å². The lowest BCUT2D eigenvalue weighted by Crippen LogP contribution is -2.24. The van der Waals surface area contributed by atoms with Crippen LogP contribution in [0.15, 0.2) is 44.2 Å². The SMILES string of the molecule is CCc1cc(Br)cc(C)c1NC(=O)c1cn2c3c(cc(Br)cc3c1=O)C[C@H]2C. The lowest BCUT2D eigenvalue weighted by Gasteiger charge is -2.16. The number of aromatic nitrogens is 1. The number of hydrogen-bond acceptors (Lipinski definition) is 2. The molecule has 1 aliphatic heterocycles. The number of benzene rings is 2. The maximum absolute atomic E-state index is 13.1. The van der Waals surface area contributed by atoms with Crippen LogP contribution in [-0.2, 0) is 12.8 Å². The molecule has 0 radical (unpaired) electrons. The molecule has 0 aliphatic carbocycles. The summed E-state index contributed by atoms with van der Waals surface area (Å²) in [5, 5.41) is 3.58. The highest BCUT2D eigenvalue weighted by Crippen LogP contribution is 2.34. The van der Waals surface area contributed by atoms with E-state index in [1.54, 1.807) is 6.20 Å². The number of carbonyl (C=O) groups excluding carboxylic acids is 1. The molecule has 1 aromatic heterocycles. The monoisotopic (exact) mass is 502 g/mol. The molecule has 6 heteroatoms.